The summed E-state index contributed by atoms with van der Waals surface area (Å²) in [5.41, 5.74) is 0.470. The van der Waals surface area contributed by atoms with Crippen molar-refractivity contribution in [2.24, 2.45) is 0 Å². The van der Waals surface area contributed by atoms with E-state index in [0.717, 1.165) is 17.0 Å². The van der Waals surface area contributed by atoms with E-state index in [1.54, 1.807) is 12.1 Å². The van der Waals surface area contributed by atoms with Gasteiger partial charge in [0.2, 0.25) is 0 Å². The van der Waals surface area contributed by atoms with Gasteiger partial charge in [0.25, 0.3) is 11.8 Å². The van der Waals surface area contributed by atoms with Gasteiger partial charge in [0, 0.05) is 11.6 Å². The lowest BCUT2D eigenvalue weighted by molar-refractivity contribution is 0.0926. The molecule has 0 saturated carbocycles. The summed E-state index contributed by atoms with van der Waals surface area (Å²) in [7, 11) is 0. The molecule has 0 unspecified atom stereocenters. The summed E-state index contributed by atoms with van der Waals surface area (Å²) in [6, 6.07) is 8.00. The number of fused-ring (bicyclic) bond motifs is 1. The van der Waals surface area contributed by atoms with E-state index in [1.165, 1.54) is 19.1 Å². The van der Waals surface area contributed by atoms with Crippen LogP contribution in [0.5, 0.6) is 0 Å². The van der Waals surface area contributed by atoms with Gasteiger partial charge in [-0.1, -0.05) is 12.1 Å². The van der Waals surface area contributed by atoms with E-state index in [4.69, 9.17) is 0 Å². The maximum atomic E-state index is 13.6. The van der Waals surface area contributed by atoms with Gasteiger partial charge >= 0.3 is 0 Å². The molecule has 0 saturated heterocycles. The minimum Gasteiger partial charge on any atom is -0.268 e. The van der Waals surface area contributed by atoms with E-state index in [2.05, 4.69) is 0 Å². The van der Waals surface area contributed by atoms with Crippen LogP contribution in [0.4, 0.5) is 14.5 Å². The van der Waals surface area contributed by atoms with E-state index in [9.17, 15) is 18.4 Å². The molecule has 0 atom stereocenters. The van der Waals surface area contributed by atoms with Crippen LogP contribution in [-0.2, 0) is 0 Å². The minimum atomic E-state index is -0.834. The van der Waals surface area contributed by atoms with Crippen molar-refractivity contribution in [1.29, 1.82) is 0 Å². The molecule has 100 valence electrons. The number of rotatable bonds is 1. The standard InChI is InChI=1S/C15H9F2NO2/c1-8-12(17)6-9(16)7-13(8)18-14(19)10-4-2-3-5-11(10)15(18)20/h2-7H,1H3. The number of anilines is 1. The molecule has 0 N–H and O–H groups in total. The molecule has 0 radical (unpaired) electrons. The molecule has 1 aliphatic heterocycles. The van der Waals surface area contributed by atoms with Gasteiger partial charge in [-0.2, -0.15) is 0 Å². The van der Waals surface area contributed by atoms with Crippen molar-refractivity contribution in [3.8, 4) is 0 Å². The van der Waals surface area contributed by atoms with Gasteiger partial charge in [-0.3, -0.25) is 9.59 Å². The zero-order valence-electron chi connectivity index (χ0n) is 10.5. The van der Waals surface area contributed by atoms with Crippen LogP contribution in [0.15, 0.2) is 36.4 Å². The molecule has 0 aromatic heterocycles. The lowest BCUT2D eigenvalue weighted by Gasteiger charge is -2.17. The molecule has 0 spiro atoms. The lowest BCUT2D eigenvalue weighted by Crippen LogP contribution is -2.30. The highest BCUT2D eigenvalue weighted by molar-refractivity contribution is 6.34. The van der Waals surface area contributed by atoms with Crippen molar-refractivity contribution < 1.29 is 18.4 Å². The van der Waals surface area contributed by atoms with Crippen LogP contribution in [0.25, 0.3) is 0 Å². The molecule has 5 heteroatoms. The summed E-state index contributed by atoms with van der Waals surface area (Å²) < 4.78 is 26.9. The van der Waals surface area contributed by atoms with Crippen LogP contribution >= 0.6 is 0 Å². The molecule has 2 aromatic rings. The fourth-order valence-corrected chi connectivity index (χ4v) is 2.27. The van der Waals surface area contributed by atoms with Crippen LogP contribution in [0, 0.1) is 18.6 Å². The first-order valence-corrected chi connectivity index (χ1v) is 5.94. The maximum Gasteiger partial charge on any atom is 0.266 e. The Morgan fingerprint density at radius 1 is 0.950 bits per heavy atom. The maximum absolute atomic E-state index is 13.6. The quantitative estimate of drug-likeness (QED) is 0.749. The number of imide groups is 1. The van der Waals surface area contributed by atoms with E-state index in [0.29, 0.717) is 0 Å². The van der Waals surface area contributed by atoms with Crippen molar-refractivity contribution in [3.05, 3.63) is 64.7 Å². The van der Waals surface area contributed by atoms with Crippen LogP contribution < -0.4 is 4.90 Å². The minimum absolute atomic E-state index is 0.0564. The van der Waals surface area contributed by atoms with Crippen LogP contribution in [0.2, 0.25) is 0 Å². The van der Waals surface area contributed by atoms with Crippen molar-refractivity contribution in [2.45, 2.75) is 6.92 Å². The molecule has 2 aromatic carbocycles. The van der Waals surface area contributed by atoms with Crippen molar-refractivity contribution >= 4 is 17.5 Å². The molecule has 0 aliphatic carbocycles. The normalized spacial score (nSPS) is 13.8. The Hall–Kier alpha value is -2.56. The summed E-state index contributed by atoms with van der Waals surface area (Å²) in [4.78, 5) is 25.3. The summed E-state index contributed by atoms with van der Waals surface area (Å²) in [6.45, 7) is 1.40. The van der Waals surface area contributed by atoms with Crippen LogP contribution in [0.1, 0.15) is 26.3 Å². The fourth-order valence-electron chi connectivity index (χ4n) is 2.27. The zero-order chi connectivity index (χ0) is 14.4. The number of nitrogens with zero attached hydrogens (tertiary/aromatic N) is 1. The monoisotopic (exact) mass is 273 g/mol. The Labute approximate surface area is 113 Å². The lowest BCUT2D eigenvalue weighted by atomic mass is 10.1. The molecule has 2 amide bonds. The van der Waals surface area contributed by atoms with E-state index in [1.807, 2.05) is 0 Å². The first kappa shape index (κ1) is 12.5. The first-order valence-electron chi connectivity index (χ1n) is 5.94. The molecule has 0 fully saturated rings. The van der Waals surface area contributed by atoms with Gasteiger partial charge in [-0.25, -0.2) is 13.7 Å². The molecule has 1 aliphatic rings. The van der Waals surface area contributed by atoms with Gasteiger partial charge in [0.15, 0.2) is 0 Å². The second-order valence-corrected chi connectivity index (χ2v) is 4.52. The zero-order valence-corrected chi connectivity index (χ0v) is 10.5. The third-order valence-corrected chi connectivity index (χ3v) is 3.32. The highest BCUT2D eigenvalue weighted by Crippen LogP contribution is 2.32. The summed E-state index contributed by atoms with van der Waals surface area (Å²) in [5, 5.41) is 0. The molecule has 20 heavy (non-hydrogen) atoms. The molecule has 3 rings (SSSR count). The summed E-state index contributed by atoms with van der Waals surface area (Å²) >= 11 is 0. The number of benzene rings is 2. The van der Waals surface area contributed by atoms with E-state index >= 15 is 0 Å². The molecule has 1 heterocycles. The van der Waals surface area contributed by atoms with Crippen LogP contribution in [-0.4, -0.2) is 11.8 Å². The Morgan fingerprint density at radius 2 is 1.50 bits per heavy atom. The van der Waals surface area contributed by atoms with Crippen LogP contribution in [0.3, 0.4) is 0 Å². The number of hydrogen-bond donors (Lipinski definition) is 0. The predicted octanol–water partition coefficient (Wildman–Crippen LogP) is 3.07. The Balaban J connectivity index is 2.19. The smallest absolute Gasteiger partial charge is 0.266 e. The van der Waals surface area contributed by atoms with E-state index in [-0.39, 0.29) is 22.4 Å². The van der Waals surface area contributed by atoms with Gasteiger partial charge in [0.05, 0.1) is 16.8 Å². The SMILES string of the molecule is Cc1c(F)cc(F)cc1N1C(=O)c2ccccc2C1=O. The highest BCUT2D eigenvalue weighted by Gasteiger charge is 2.37. The number of amides is 2. The molecule has 3 nitrogen and oxygen atoms in total. The molecular formula is C15H9F2NO2. The molecule has 0 bridgehead atoms. The Bertz CT molecular complexity index is 721. The van der Waals surface area contributed by atoms with Gasteiger partial charge < -0.3 is 0 Å². The number of hydrogen-bond acceptors (Lipinski definition) is 2. The third kappa shape index (κ3) is 1.63. The topological polar surface area (TPSA) is 37.4 Å². The molecular weight excluding hydrogens is 264 g/mol. The van der Waals surface area contributed by atoms with Crippen molar-refractivity contribution in [2.75, 3.05) is 4.90 Å². The average Bonchev–Trinajstić information content (AvgIpc) is 2.67. The van der Waals surface area contributed by atoms with Gasteiger partial charge in [0.1, 0.15) is 11.6 Å². The highest BCUT2D eigenvalue weighted by atomic mass is 19.1. The number of carbonyl (C=O) groups excluding carboxylic acids is 2. The third-order valence-electron chi connectivity index (χ3n) is 3.32. The Morgan fingerprint density at radius 3 is 2.05 bits per heavy atom. The Kier molecular flexibility index (Phi) is 2.64. The first-order chi connectivity index (χ1) is 9.50. The largest absolute Gasteiger partial charge is 0.268 e. The van der Waals surface area contributed by atoms with E-state index < -0.39 is 23.4 Å². The second kappa shape index (κ2) is 4.23. The summed E-state index contributed by atoms with van der Waals surface area (Å²) in [6.07, 6.45) is 0. The van der Waals surface area contributed by atoms with Crippen molar-refractivity contribution in [3.63, 3.8) is 0 Å². The average molecular weight is 273 g/mol. The predicted molar refractivity (Wildman–Crippen MR) is 68.7 cm³/mol. The van der Waals surface area contributed by atoms with Crippen molar-refractivity contribution in [1.82, 2.24) is 0 Å². The number of halogens is 2. The second-order valence-electron chi connectivity index (χ2n) is 4.52. The summed E-state index contributed by atoms with van der Waals surface area (Å²) in [5.74, 6) is -2.77. The van der Waals surface area contributed by atoms with Gasteiger partial charge in [-0.15, -0.1) is 0 Å². The van der Waals surface area contributed by atoms with Gasteiger partial charge in [-0.05, 0) is 25.1 Å². The number of carbonyl (C=O) groups is 2. The fraction of sp³-hybridized carbons (Fsp3) is 0.0667.